The molecule has 3 nitrogen and oxygen atoms in total. The molecule has 1 atom stereocenters. The Kier molecular flexibility index (Phi) is 5.31. The first-order valence-electron chi connectivity index (χ1n) is 6.76. The van der Waals surface area contributed by atoms with Crippen LogP contribution in [0.3, 0.4) is 0 Å². The first-order chi connectivity index (χ1) is 9.60. The summed E-state index contributed by atoms with van der Waals surface area (Å²) in [5, 5.41) is 7.51. The first-order valence-corrected chi connectivity index (χ1v) is 7.55. The van der Waals surface area contributed by atoms with Crippen LogP contribution >= 0.6 is 15.9 Å². The van der Waals surface area contributed by atoms with Gasteiger partial charge in [0.2, 0.25) is 0 Å². The van der Waals surface area contributed by atoms with Crippen LogP contribution in [0.1, 0.15) is 30.5 Å². The molecule has 108 valence electrons. The summed E-state index contributed by atoms with van der Waals surface area (Å²) in [6, 6.07) is 5.26. The zero-order valence-electron chi connectivity index (χ0n) is 11.7. The predicted octanol–water partition coefficient (Wildman–Crippen LogP) is 3.61. The van der Waals surface area contributed by atoms with E-state index in [1.165, 1.54) is 11.6 Å². The summed E-state index contributed by atoms with van der Waals surface area (Å²) in [5.74, 6) is -0.170. The molecule has 1 aromatic heterocycles. The molecule has 2 rings (SSSR count). The summed E-state index contributed by atoms with van der Waals surface area (Å²) in [7, 11) is 1.90. The van der Waals surface area contributed by atoms with Gasteiger partial charge in [0.25, 0.3) is 0 Å². The topological polar surface area (TPSA) is 29.9 Å². The Morgan fingerprint density at radius 3 is 2.85 bits per heavy atom. The van der Waals surface area contributed by atoms with Gasteiger partial charge in [-0.3, -0.25) is 4.68 Å². The van der Waals surface area contributed by atoms with E-state index in [2.05, 4.69) is 26.3 Å². The summed E-state index contributed by atoms with van der Waals surface area (Å²) in [6.07, 6.45) is 5.58. The molecule has 0 amide bonds. The van der Waals surface area contributed by atoms with Crippen molar-refractivity contribution in [1.29, 1.82) is 0 Å². The van der Waals surface area contributed by atoms with Crippen LogP contribution in [0.15, 0.2) is 35.1 Å². The molecule has 0 spiro atoms. The lowest BCUT2D eigenvalue weighted by Crippen LogP contribution is -2.22. The molecule has 1 aromatic carbocycles. The molecule has 0 aliphatic heterocycles. The zero-order valence-corrected chi connectivity index (χ0v) is 13.3. The molecule has 0 saturated heterocycles. The van der Waals surface area contributed by atoms with Gasteiger partial charge in [-0.1, -0.05) is 28.9 Å². The second kappa shape index (κ2) is 6.99. The second-order valence-electron chi connectivity index (χ2n) is 4.84. The molecule has 0 radical (unpaired) electrons. The standard InChI is InChI=1S/C15H19BrFN3/c1-3-18-15(7-4-11-9-19-20(2)10-11)13-6-5-12(16)8-14(13)17/h5-6,8-10,15,18H,3-4,7H2,1-2H3. The van der Waals surface area contributed by atoms with Gasteiger partial charge in [-0.05, 0) is 37.1 Å². The molecule has 0 aliphatic carbocycles. The van der Waals surface area contributed by atoms with Crippen LogP contribution in [0.25, 0.3) is 0 Å². The number of hydrogen-bond donors (Lipinski definition) is 1. The minimum Gasteiger partial charge on any atom is -0.310 e. The Hall–Kier alpha value is -1.20. The summed E-state index contributed by atoms with van der Waals surface area (Å²) in [4.78, 5) is 0. The average Bonchev–Trinajstić information content (AvgIpc) is 2.81. The van der Waals surface area contributed by atoms with Crippen LogP contribution < -0.4 is 5.32 Å². The maximum atomic E-state index is 14.1. The molecule has 0 aliphatic rings. The number of rotatable bonds is 6. The number of hydrogen-bond acceptors (Lipinski definition) is 2. The van der Waals surface area contributed by atoms with Gasteiger partial charge in [0.1, 0.15) is 5.82 Å². The van der Waals surface area contributed by atoms with E-state index in [0.717, 1.165) is 29.4 Å². The van der Waals surface area contributed by atoms with Crippen molar-refractivity contribution >= 4 is 15.9 Å². The van der Waals surface area contributed by atoms with Gasteiger partial charge < -0.3 is 5.32 Å². The molecule has 1 heterocycles. The Labute approximate surface area is 127 Å². The highest BCUT2D eigenvalue weighted by atomic mass is 79.9. The molecular formula is C15H19BrFN3. The van der Waals surface area contributed by atoms with Crippen LogP contribution in [0.5, 0.6) is 0 Å². The van der Waals surface area contributed by atoms with Crippen molar-refractivity contribution in [3.63, 3.8) is 0 Å². The molecule has 1 N–H and O–H groups in total. The smallest absolute Gasteiger partial charge is 0.129 e. The minimum absolute atomic E-state index is 0.0216. The van der Waals surface area contributed by atoms with Gasteiger partial charge in [0.15, 0.2) is 0 Å². The van der Waals surface area contributed by atoms with E-state index in [-0.39, 0.29) is 11.9 Å². The fraction of sp³-hybridized carbons (Fsp3) is 0.400. The van der Waals surface area contributed by atoms with E-state index in [9.17, 15) is 4.39 Å². The van der Waals surface area contributed by atoms with E-state index < -0.39 is 0 Å². The number of nitrogens with zero attached hydrogens (tertiary/aromatic N) is 2. The Bertz CT molecular complexity index is 568. The number of nitrogens with one attached hydrogen (secondary N) is 1. The molecule has 20 heavy (non-hydrogen) atoms. The predicted molar refractivity (Wildman–Crippen MR) is 82.0 cm³/mol. The molecule has 0 bridgehead atoms. The van der Waals surface area contributed by atoms with Gasteiger partial charge >= 0.3 is 0 Å². The van der Waals surface area contributed by atoms with E-state index in [0.29, 0.717) is 0 Å². The molecule has 5 heteroatoms. The number of benzene rings is 1. The van der Waals surface area contributed by atoms with Crippen molar-refractivity contribution in [3.8, 4) is 0 Å². The van der Waals surface area contributed by atoms with Crippen molar-refractivity contribution in [2.45, 2.75) is 25.8 Å². The number of aromatic nitrogens is 2. The number of halogens is 2. The third kappa shape index (κ3) is 3.90. The fourth-order valence-corrected chi connectivity index (χ4v) is 2.64. The number of aryl methyl sites for hydroxylation is 2. The van der Waals surface area contributed by atoms with E-state index in [1.807, 2.05) is 38.5 Å². The van der Waals surface area contributed by atoms with Crippen molar-refractivity contribution in [1.82, 2.24) is 15.1 Å². The average molecular weight is 340 g/mol. The quantitative estimate of drug-likeness (QED) is 0.871. The van der Waals surface area contributed by atoms with Gasteiger partial charge in [-0.2, -0.15) is 5.10 Å². The van der Waals surface area contributed by atoms with E-state index in [4.69, 9.17) is 0 Å². The van der Waals surface area contributed by atoms with E-state index in [1.54, 1.807) is 4.68 Å². The monoisotopic (exact) mass is 339 g/mol. The summed E-state index contributed by atoms with van der Waals surface area (Å²) >= 11 is 3.29. The molecule has 2 aromatic rings. The normalized spacial score (nSPS) is 12.6. The third-order valence-electron chi connectivity index (χ3n) is 3.27. The first kappa shape index (κ1) is 15.2. The van der Waals surface area contributed by atoms with Crippen LogP contribution in [0.4, 0.5) is 4.39 Å². The summed E-state index contributed by atoms with van der Waals surface area (Å²) in [5.41, 5.74) is 1.90. The van der Waals surface area contributed by atoms with Crippen LogP contribution in [-0.4, -0.2) is 16.3 Å². The highest BCUT2D eigenvalue weighted by Crippen LogP contribution is 2.24. The molecular weight excluding hydrogens is 321 g/mol. The second-order valence-corrected chi connectivity index (χ2v) is 5.75. The fourth-order valence-electron chi connectivity index (χ4n) is 2.31. The van der Waals surface area contributed by atoms with E-state index >= 15 is 0 Å². The van der Waals surface area contributed by atoms with Crippen molar-refractivity contribution in [2.75, 3.05) is 6.54 Å². The van der Waals surface area contributed by atoms with Gasteiger partial charge in [-0.15, -0.1) is 0 Å². The van der Waals surface area contributed by atoms with Crippen LogP contribution in [-0.2, 0) is 13.5 Å². The molecule has 0 fully saturated rings. The van der Waals surface area contributed by atoms with Crippen molar-refractivity contribution < 1.29 is 4.39 Å². The molecule has 0 saturated carbocycles. The van der Waals surface area contributed by atoms with Crippen LogP contribution in [0, 0.1) is 5.82 Å². The maximum absolute atomic E-state index is 14.1. The minimum atomic E-state index is -0.170. The van der Waals surface area contributed by atoms with Gasteiger partial charge in [-0.25, -0.2) is 4.39 Å². The van der Waals surface area contributed by atoms with Crippen molar-refractivity contribution in [3.05, 3.63) is 52.0 Å². The summed E-state index contributed by atoms with van der Waals surface area (Å²) in [6.45, 7) is 2.85. The lowest BCUT2D eigenvalue weighted by Gasteiger charge is -2.19. The largest absolute Gasteiger partial charge is 0.310 e. The van der Waals surface area contributed by atoms with Gasteiger partial charge in [0, 0.05) is 29.3 Å². The van der Waals surface area contributed by atoms with Crippen molar-refractivity contribution in [2.24, 2.45) is 7.05 Å². The van der Waals surface area contributed by atoms with Gasteiger partial charge in [0.05, 0.1) is 6.20 Å². The molecule has 1 unspecified atom stereocenters. The van der Waals surface area contributed by atoms with Crippen LogP contribution in [0.2, 0.25) is 0 Å². The highest BCUT2D eigenvalue weighted by Gasteiger charge is 2.15. The lowest BCUT2D eigenvalue weighted by atomic mass is 9.99. The maximum Gasteiger partial charge on any atom is 0.129 e. The Morgan fingerprint density at radius 2 is 2.25 bits per heavy atom. The third-order valence-corrected chi connectivity index (χ3v) is 3.76. The Morgan fingerprint density at radius 1 is 1.45 bits per heavy atom. The zero-order chi connectivity index (χ0) is 14.5. The Balaban J connectivity index is 2.09. The SMILES string of the molecule is CCNC(CCc1cnn(C)c1)c1ccc(Br)cc1F. The lowest BCUT2D eigenvalue weighted by molar-refractivity contribution is 0.485. The highest BCUT2D eigenvalue weighted by molar-refractivity contribution is 9.10. The summed E-state index contributed by atoms with van der Waals surface area (Å²) < 4.78 is 16.6.